The first kappa shape index (κ1) is 14.4. The third kappa shape index (κ3) is 3.97. The zero-order valence-corrected chi connectivity index (χ0v) is 10.2. The molecule has 0 aliphatic carbocycles. The van der Waals surface area contributed by atoms with Gasteiger partial charge in [0.15, 0.2) is 0 Å². The molecule has 0 spiro atoms. The molecule has 0 aliphatic rings. The Morgan fingerprint density at radius 3 is 2.89 bits per heavy atom. The molecule has 1 aromatic rings. The Morgan fingerprint density at radius 1 is 1.44 bits per heavy atom. The molecule has 0 aromatic heterocycles. The summed E-state index contributed by atoms with van der Waals surface area (Å²) in [6, 6.07) is 4.22. The van der Waals surface area contributed by atoms with Crippen molar-refractivity contribution in [1.82, 2.24) is 5.32 Å². The molecule has 3 N–H and O–H groups in total. The van der Waals surface area contributed by atoms with Gasteiger partial charge >= 0.3 is 0 Å². The molecule has 0 radical (unpaired) electrons. The monoisotopic (exact) mass is 256 g/mol. The Labute approximate surface area is 105 Å². The van der Waals surface area contributed by atoms with E-state index in [1.54, 1.807) is 0 Å². The number of hydrogen-bond acceptors (Lipinski definition) is 4. The number of halogens is 1. The van der Waals surface area contributed by atoms with E-state index in [1.165, 1.54) is 25.3 Å². The van der Waals surface area contributed by atoms with Gasteiger partial charge in [0.05, 0.1) is 20.3 Å². The number of carbonyl (C=O) groups excluding carboxylic acids is 1. The smallest absolute Gasteiger partial charge is 0.258 e. The second-order valence-corrected chi connectivity index (χ2v) is 3.47. The van der Waals surface area contributed by atoms with E-state index in [2.05, 4.69) is 5.32 Å². The highest BCUT2D eigenvalue weighted by atomic mass is 19.1. The van der Waals surface area contributed by atoms with Crippen molar-refractivity contribution in [3.63, 3.8) is 0 Å². The molecule has 0 unspecified atom stereocenters. The van der Waals surface area contributed by atoms with Crippen LogP contribution < -0.4 is 15.8 Å². The van der Waals surface area contributed by atoms with Gasteiger partial charge in [-0.1, -0.05) is 6.07 Å². The number of methoxy groups -OCH3 is 1. The molecule has 0 fully saturated rings. The Hall–Kier alpha value is -1.66. The lowest BCUT2D eigenvalue weighted by atomic mass is 10.1. The Morgan fingerprint density at radius 2 is 2.22 bits per heavy atom. The summed E-state index contributed by atoms with van der Waals surface area (Å²) in [6.07, 6.45) is 0. The van der Waals surface area contributed by atoms with Crippen molar-refractivity contribution >= 4 is 5.91 Å². The second kappa shape index (κ2) is 7.62. The second-order valence-electron chi connectivity index (χ2n) is 3.47. The highest BCUT2D eigenvalue weighted by Gasteiger charge is 2.16. The fraction of sp³-hybridized carbons (Fsp3) is 0.417. The number of nitrogens with two attached hydrogens (primary N) is 1. The van der Waals surface area contributed by atoms with E-state index in [4.69, 9.17) is 15.2 Å². The van der Waals surface area contributed by atoms with Crippen LogP contribution in [-0.4, -0.2) is 39.3 Å². The summed E-state index contributed by atoms with van der Waals surface area (Å²) in [5, 5.41) is 2.55. The lowest BCUT2D eigenvalue weighted by molar-refractivity contribution is 0.0913. The van der Waals surface area contributed by atoms with Gasteiger partial charge < -0.3 is 20.5 Å². The van der Waals surface area contributed by atoms with Crippen LogP contribution in [0.5, 0.6) is 5.75 Å². The summed E-state index contributed by atoms with van der Waals surface area (Å²) in [7, 11) is 1.38. The summed E-state index contributed by atoms with van der Waals surface area (Å²) < 4.78 is 23.6. The minimum atomic E-state index is -0.616. The van der Waals surface area contributed by atoms with E-state index in [-0.39, 0.29) is 17.9 Å². The predicted octanol–water partition coefficient (Wildman–Crippen LogP) is 0.539. The molecule has 1 rings (SSSR count). The highest BCUT2D eigenvalue weighted by molar-refractivity contribution is 5.97. The van der Waals surface area contributed by atoms with Crippen molar-refractivity contribution in [2.45, 2.75) is 0 Å². The number of nitrogens with one attached hydrogen (secondary N) is 1. The summed E-state index contributed by atoms with van der Waals surface area (Å²) in [5.41, 5.74) is 5.14. The number of rotatable bonds is 7. The standard InChI is InChI=1S/C12H17FN2O3/c1-17-10-4-2-3-9(13)11(10)12(16)15-6-8-18-7-5-14/h2-4H,5-8,14H2,1H3,(H,15,16). The number of benzene rings is 1. The third-order valence-corrected chi connectivity index (χ3v) is 2.22. The molecule has 1 amide bonds. The predicted molar refractivity (Wildman–Crippen MR) is 65.2 cm³/mol. The normalized spacial score (nSPS) is 10.2. The largest absolute Gasteiger partial charge is 0.496 e. The van der Waals surface area contributed by atoms with E-state index in [0.29, 0.717) is 19.8 Å². The molecule has 5 nitrogen and oxygen atoms in total. The van der Waals surface area contributed by atoms with Gasteiger partial charge in [-0.25, -0.2) is 4.39 Å². The van der Waals surface area contributed by atoms with Crippen LogP contribution in [0.2, 0.25) is 0 Å². The molecule has 1 aromatic carbocycles. The quantitative estimate of drug-likeness (QED) is 0.698. The summed E-state index contributed by atoms with van der Waals surface area (Å²) in [5.74, 6) is -0.939. The first-order valence-corrected chi connectivity index (χ1v) is 5.59. The van der Waals surface area contributed by atoms with E-state index < -0.39 is 11.7 Å². The van der Waals surface area contributed by atoms with Crippen molar-refractivity contribution < 1.29 is 18.7 Å². The average Bonchev–Trinajstić information content (AvgIpc) is 2.37. The molecule has 0 atom stereocenters. The summed E-state index contributed by atoms with van der Waals surface area (Å²) >= 11 is 0. The van der Waals surface area contributed by atoms with Crippen LogP contribution >= 0.6 is 0 Å². The minimum Gasteiger partial charge on any atom is -0.496 e. The molecular formula is C12H17FN2O3. The van der Waals surface area contributed by atoms with Crippen molar-refractivity contribution in [1.29, 1.82) is 0 Å². The number of hydrogen-bond donors (Lipinski definition) is 2. The van der Waals surface area contributed by atoms with Gasteiger partial charge in [-0.05, 0) is 12.1 Å². The van der Waals surface area contributed by atoms with Gasteiger partial charge in [0.2, 0.25) is 0 Å². The molecule has 0 saturated heterocycles. The fourth-order valence-electron chi connectivity index (χ4n) is 1.41. The number of ether oxygens (including phenoxy) is 2. The van der Waals surface area contributed by atoms with E-state index >= 15 is 0 Å². The molecule has 0 heterocycles. The average molecular weight is 256 g/mol. The van der Waals surface area contributed by atoms with Gasteiger partial charge in [0.1, 0.15) is 17.1 Å². The third-order valence-electron chi connectivity index (χ3n) is 2.22. The Bertz CT molecular complexity index is 399. The molecule has 100 valence electrons. The van der Waals surface area contributed by atoms with Crippen LogP contribution in [-0.2, 0) is 4.74 Å². The maximum atomic E-state index is 13.5. The Balaban J connectivity index is 2.56. The molecule has 0 aliphatic heterocycles. The van der Waals surface area contributed by atoms with Gasteiger partial charge in [0, 0.05) is 13.1 Å². The minimum absolute atomic E-state index is 0.0983. The zero-order chi connectivity index (χ0) is 13.4. The molecule has 0 saturated carbocycles. The van der Waals surface area contributed by atoms with Crippen molar-refractivity contribution in [3.05, 3.63) is 29.6 Å². The SMILES string of the molecule is COc1cccc(F)c1C(=O)NCCOCCN. The van der Waals surface area contributed by atoms with E-state index in [1.807, 2.05) is 0 Å². The molecule has 0 bridgehead atoms. The maximum Gasteiger partial charge on any atom is 0.258 e. The first-order chi connectivity index (χ1) is 8.70. The van der Waals surface area contributed by atoms with Gasteiger partial charge in [-0.15, -0.1) is 0 Å². The number of amides is 1. The van der Waals surface area contributed by atoms with Crippen LogP contribution in [0, 0.1) is 5.82 Å². The zero-order valence-electron chi connectivity index (χ0n) is 10.2. The first-order valence-electron chi connectivity index (χ1n) is 5.59. The van der Waals surface area contributed by atoms with E-state index in [9.17, 15) is 9.18 Å². The molecule has 6 heteroatoms. The van der Waals surface area contributed by atoms with Gasteiger partial charge in [-0.3, -0.25) is 4.79 Å². The van der Waals surface area contributed by atoms with Crippen LogP contribution in [0.1, 0.15) is 10.4 Å². The lowest BCUT2D eigenvalue weighted by Gasteiger charge is -2.10. The summed E-state index contributed by atoms with van der Waals surface area (Å²) in [4.78, 5) is 11.8. The van der Waals surface area contributed by atoms with Crippen molar-refractivity contribution in [2.24, 2.45) is 5.73 Å². The Kier molecular flexibility index (Phi) is 6.10. The van der Waals surface area contributed by atoms with Crippen LogP contribution in [0.25, 0.3) is 0 Å². The summed E-state index contributed by atoms with van der Waals surface area (Å²) in [6.45, 7) is 1.48. The molecular weight excluding hydrogens is 239 g/mol. The van der Waals surface area contributed by atoms with Crippen molar-refractivity contribution in [2.75, 3.05) is 33.4 Å². The van der Waals surface area contributed by atoms with Gasteiger partial charge in [0.25, 0.3) is 5.91 Å². The van der Waals surface area contributed by atoms with E-state index in [0.717, 1.165) is 0 Å². The van der Waals surface area contributed by atoms with Crippen LogP contribution in [0.15, 0.2) is 18.2 Å². The van der Waals surface area contributed by atoms with Crippen LogP contribution in [0.4, 0.5) is 4.39 Å². The molecule has 18 heavy (non-hydrogen) atoms. The van der Waals surface area contributed by atoms with Crippen molar-refractivity contribution in [3.8, 4) is 5.75 Å². The lowest BCUT2D eigenvalue weighted by Crippen LogP contribution is -2.29. The van der Waals surface area contributed by atoms with Gasteiger partial charge in [-0.2, -0.15) is 0 Å². The number of carbonyl (C=O) groups is 1. The highest BCUT2D eigenvalue weighted by Crippen LogP contribution is 2.20. The maximum absolute atomic E-state index is 13.5. The fourth-order valence-corrected chi connectivity index (χ4v) is 1.41. The van der Waals surface area contributed by atoms with Crippen LogP contribution in [0.3, 0.4) is 0 Å². The topological polar surface area (TPSA) is 73.6 Å².